The molecule has 1 nitrogen and oxygen atoms in total. The zero-order valence-corrected chi connectivity index (χ0v) is 5.88. The Hall–Kier alpha value is -0.708. The first-order valence-electron chi connectivity index (χ1n) is 3.33. The van der Waals surface area contributed by atoms with Crippen LogP contribution in [-0.2, 0) is 0 Å². The van der Waals surface area contributed by atoms with Gasteiger partial charge >= 0.3 is 0 Å². The van der Waals surface area contributed by atoms with Crippen molar-refractivity contribution in [3.63, 3.8) is 0 Å². The molecule has 0 aromatic heterocycles. The first kappa shape index (κ1) is 10.3. The second-order valence-corrected chi connectivity index (χ2v) is 2.04. The fourth-order valence-corrected chi connectivity index (χ4v) is 0.746. The van der Waals surface area contributed by atoms with Gasteiger partial charge in [-0.05, 0) is 12.1 Å². The van der Waals surface area contributed by atoms with Gasteiger partial charge in [0.2, 0.25) is 0 Å². The molecule has 0 spiro atoms. The standard InChI is InChI=1S/C9H11N.Al.3H/c1-2-8-10-9-6-4-3-5-7-9;;;;/h2-7,10H,1,8H2;;;;. The van der Waals surface area contributed by atoms with Crippen LogP contribution in [0.15, 0.2) is 43.0 Å². The van der Waals surface area contributed by atoms with Crippen molar-refractivity contribution >= 4 is 23.0 Å². The zero-order valence-electron chi connectivity index (χ0n) is 5.88. The number of hydrogen-bond acceptors (Lipinski definition) is 1. The molecule has 0 atom stereocenters. The molecule has 0 aliphatic carbocycles. The van der Waals surface area contributed by atoms with Gasteiger partial charge in [-0.25, -0.2) is 0 Å². The van der Waals surface area contributed by atoms with Crippen molar-refractivity contribution in [3.05, 3.63) is 43.0 Å². The van der Waals surface area contributed by atoms with E-state index in [0.29, 0.717) is 0 Å². The molecule has 0 heterocycles. The zero-order chi connectivity index (χ0) is 7.23. The third kappa shape index (κ3) is 3.88. The molecule has 1 rings (SSSR count). The largest absolute Gasteiger partial charge is 0.382 e. The summed E-state index contributed by atoms with van der Waals surface area (Å²) in [5.41, 5.74) is 1.14. The van der Waals surface area contributed by atoms with Crippen LogP contribution in [0.25, 0.3) is 0 Å². The molecule has 58 valence electrons. The normalized spacial score (nSPS) is 8.00. The summed E-state index contributed by atoms with van der Waals surface area (Å²) in [6.45, 7) is 4.44. The first-order valence-corrected chi connectivity index (χ1v) is 3.33. The summed E-state index contributed by atoms with van der Waals surface area (Å²) in [6, 6.07) is 10.1. The summed E-state index contributed by atoms with van der Waals surface area (Å²) >= 11 is 0. The van der Waals surface area contributed by atoms with Crippen LogP contribution < -0.4 is 5.32 Å². The van der Waals surface area contributed by atoms with Gasteiger partial charge < -0.3 is 5.32 Å². The number of hydrogen-bond donors (Lipinski definition) is 1. The van der Waals surface area contributed by atoms with Crippen LogP contribution in [0.4, 0.5) is 5.69 Å². The Labute approximate surface area is 78.3 Å². The predicted molar refractivity (Wildman–Crippen MR) is 55.1 cm³/mol. The summed E-state index contributed by atoms with van der Waals surface area (Å²) in [7, 11) is 0. The van der Waals surface area contributed by atoms with E-state index in [2.05, 4.69) is 11.9 Å². The van der Waals surface area contributed by atoms with E-state index in [1.54, 1.807) is 0 Å². The lowest BCUT2D eigenvalue weighted by atomic mass is 10.3. The molecule has 2 heteroatoms. The molecular weight excluding hydrogens is 149 g/mol. The van der Waals surface area contributed by atoms with E-state index in [1.807, 2.05) is 36.4 Å². The number of para-hydroxylation sites is 1. The predicted octanol–water partition coefficient (Wildman–Crippen LogP) is 1.10. The van der Waals surface area contributed by atoms with Gasteiger partial charge in [-0.3, -0.25) is 0 Å². The molecule has 0 radical (unpaired) electrons. The Morgan fingerprint density at radius 3 is 2.45 bits per heavy atom. The topological polar surface area (TPSA) is 12.0 Å². The van der Waals surface area contributed by atoms with E-state index >= 15 is 0 Å². The molecule has 0 fully saturated rings. The highest BCUT2D eigenvalue weighted by molar-refractivity contribution is 5.75. The number of benzene rings is 1. The Balaban J connectivity index is 0.000001000. The van der Waals surface area contributed by atoms with Crippen molar-refractivity contribution in [1.82, 2.24) is 0 Å². The van der Waals surface area contributed by atoms with E-state index in [9.17, 15) is 0 Å². The number of nitrogens with one attached hydrogen (secondary N) is 1. The summed E-state index contributed by atoms with van der Waals surface area (Å²) in [5, 5.41) is 3.18. The van der Waals surface area contributed by atoms with E-state index in [0.717, 1.165) is 12.2 Å². The second-order valence-electron chi connectivity index (χ2n) is 2.04. The average molecular weight is 163 g/mol. The number of anilines is 1. The molecule has 0 bridgehead atoms. The lowest BCUT2D eigenvalue weighted by molar-refractivity contribution is 1.34. The van der Waals surface area contributed by atoms with Gasteiger partial charge in [0.15, 0.2) is 17.4 Å². The third-order valence-corrected chi connectivity index (χ3v) is 1.22. The van der Waals surface area contributed by atoms with Crippen molar-refractivity contribution in [2.75, 3.05) is 11.9 Å². The van der Waals surface area contributed by atoms with E-state index < -0.39 is 0 Å². The average Bonchev–Trinajstić information content (AvgIpc) is 2.03. The highest BCUT2D eigenvalue weighted by Gasteiger charge is 1.82. The minimum absolute atomic E-state index is 0. The summed E-state index contributed by atoms with van der Waals surface area (Å²) in [4.78, 5) is 0. The van der Waals surface area contributed by atoms with Crippen molar-refractivity contribution in [1.29, 1.82) is 0 Å². The molecule has 0 unspecified atom stereocenters. The van der Waals surface area contributed by atoms with Crippen LogP contribution >= 0.6 is 0 Å². The van der Waals surface area contributed by atoms with Crippen molar-refractivity contribution in [2.45, 2.75) is 0 Å². The summed E-state index contributed by atoms with van der Waals surface area (Å²) < 4.78 is 0. The van der Waals surface area contributed by atoms with E-state index in [1.165, 1.54) is 0 Å². The maximum Gasteiger partial charge on any atom is 0.187 e. The maximum atomic E-state index is 3.61. The molecule has 1 aromatic rings. The van der Waals surface area contributed by atoms with Gasteiger partial charge in [0, 0.05) is 12.2 Å². The van der Waals surface area contributed by atoms with Crippen LogP contribution in [-0.4, -0.2) is 23.9 Å². The highest BCUT2D eigenvalue weighted by atomic mass is 27.0. The monoisotopic (exact) mass is 163 g/mol. The number of rotatable bonds is 3. The van der Waals surface area contributed by atoms with E-state index in [-0.39, 0.29) is 17.4 Å². The fourth-order valence-electron chi connectivity index (χ4n) is 0.746. The molecule has 0 amide bonds. The van der Waals surface area contributed by atoms with Crippen molar-refractivity contribution < 1.29 is 0 Å². The summed E-state index contributed by atoms with van der Waals surface area (Å²) in [6.07, 6.45) is 1.84. The van der Waals surface area contributed by atoms with Crippen LogP contribution in [0.5, 0.6) is 0 Å². The van der Waals surface area contributed by atoms with Gasteiger partial charge in [0.05, 0.1) is 0 Å². The lowest BCUT2D eigenvalue weighted by Crippen LogP contribution is -1.96. The van der Waals surface area contributed by atoms with E-state index in [4.69, 9.17) is 0 Å². The Morgan fingerprint density at radius 2 is 1.91 bits per heavy atom. The smallest absolute Gasteiger partial charge is 0.187 e. The minimum Gasteiger partial charge on any atom is -0.382 e. The van der Waals surface area contributed by atoms with Crippen LogP contribution in [0.2, 0.25) is 0 Å². The van der Waals surface area contributed by atoms with Crippen molar-refractivity contribution in [2.24, 2.45) is 0 Å². The van der Waals surface area contributed by atoms with Gasteiger partial charge in [0.1, 0.15) is 0 Å². The molecule has 1 N–H and O–H groups in total. The maximum absolute atomic E-state index is 3.61. The van der Waals surface area contributed by atoms with Gasteiger partial charge in [-0.1, -0.05) is 24.3 Å². The van der Waals surface area contributed by atoms with Crippen molar-refractivity contribution in [3.8, 4) is 0 Å². The van der Waals surface area contributed by atoms with Gasteiger partial charge in [0.25, 0.3) is 0 Å². The molecule has 11 heavy (non-hydrogen) atoms. The molecule has 0 saturated heterocycles. The second kappa shape index (κ2) is 6.03. The molecular formula is C9H14AlN. The molecule has 0 saturated carbocycles. The summed E-state index contributed by atoms with van der Waals surface area (Å²) in [5.74, 6) is 0. The fraction of sp³-hybridized carbons (Fsp3) is 0.111. The Kier molecular flexibility index (Phi) is 5.64. The van der Waals surface area contributed by atoms with Gasteiger partial charge in [-0.15, -0.1) is 6.58 Å². The Bertz CT molecular complexity index is 196. The first-order chi connectivity index (χ1) is 4.93. The SMILES string of the molecule is C=CCNc1ccccc1.[AlH3]. The minimum atomic E-state index is 0. The molecule has 1 aromatic carbocycles. The molecule has 0 aliphatic rings. The van der Waals surface area contributed by atoms with Crippen LogP contribution in [0, 0.1) is 0 Å². The van der Waals surface area contributed by atoms with Gasteiger partial charge in [-0.2, -0.15) is 0 Å². The Morgan fingerprint density at radius 1 is 1.27 bits per heavy atom. The molecule has 0 aliphatic heterocycles. The third-order valence-electron chi connectivity index (χ3n) is 1.22. The van der Waals surface area contributed by atoms with Crippen LogP contribution in [0.1, 0.15) is 0 Å². The lowest BCUT2D eigenvalue weighted by Gasteiger charge is -2.00. The van der Waals surface area contributed by atoms with Crippen LogP contribution in [0.3, 0.4) is 0 Å². The quantitative estimate of drug-likeness (QED) is 0.519. The highest BCUT2D eigenvalue weighted by Crippen LogP contribution is 2.03.